The van der Waals surface area contributed by atoms with Gasteiger partial charge in [-0.05, 0) is 11.4 Å². The summed E-state index contributed by atoms with van der Waals surface area (Å²) in [4.78, 5) is 20.6. The van der Waals surface area contributed by atoms with Gasteiger partial charge in [-0.3, -0.25) is 4.79 Å². The summed E-state index contributed by atoms with van der Waals surface area (Å²) in [6.45, 7) is 3.27. The third-order valence-electron chi connectivity index (χ3n) is 3.02. The van der Waals surface area contributed by atoms with Crippen molar-refractivity contribution < 1.29 is 4.79 Å². The number of carbonyl (C=O) groups is 1. The number of hydrogen-bond donors (Lipinski definition) is 0. The van der Waals surface area contributed by atoms with E-state index in [4.69, 9.17) is 0 Å². The van der Waals surface area contributed by atoms with E-state index in [0.717, 1.165) is 36.9 Å². The smallest absolute Gasteiger partial charge is 0.254 e. The molecule has 18 heavy (non-hydrogen) atoms. The van der Waals surface area contributed by atoms with E-state index in [2.05, 4.69) is 9.88 Å². The molecule has 0 aliphatic carbocycles. The lowest BCUT2D eigenvalue weighted by Crippen LogP contribution is -2.48. The largest absolute Gasteiger partial charge is 0.345 e. The lowest BCUT2D eigenvalue weighted by Gasteiger charge is -2.34. The van der Waals surface area contributed by atoms with Gasteiger partial charge in [-0.25, -0.2) is 4.98 Å². The fraction of sp³-hybridized carbons (Fsp3) is 0.333. The van der Waals surface area contributed by atoms with Gasteiger partial charge in [0.2, 0.25) is 0 Å². The van der Waals surface area contributed by atoms with Gasteiger partial charge >= 0.3 is 0 Å². The molecule has 0 bridgehead atoms. The third kappa shape index (κ3) is 2.26. The molecular formula is C12H13N3OS2. The average Bonchev–Trinajstić information content (AvgIpc) is 3.11. The highest BCUT2D eigenvalue weighted by molar-refractivity contribution is 7.13. The summed E-state index contributed by atoms with van der Waals surface area (Å²) in [5.74, 6) is 0.148. The number of anilines is 1. The second kappa shape index (κ2) is 5.07. The SMILES string of the molecule is O=C(c1ccsc1)N1CCN(c2nccs2)CC1. The standard InChI is InChI=1S/C12H13N3OS2/c16-11(10-1-7-17-9-10)14-3-5-15(6-4-14)12-13-2-8-18-12/h1-2,7-9H,3-6H2. The molecule has 0 saturated carbocycles. The molecule has 0 radical (unpaired) electrons. The van der Waals surface area contributed by atoms with Crippen molar-refractivity contribution in [3.8, 4) is 0 Å². The van der Waals surface area contributed by atoms with Gasteiger partial charge in [0, 0.05) is 43.1 Å². The summed E-state index contributed by atoms with van der Waals surface area (Å²) >= 11 is 3.21. The number of thiazole rings is 1. The maximum absolute atomic E-state index is 12.2. The molecule has 1 aliphatic heterocycles. The van der Waals surface area contributed by atoms with Crippen molar-refractivity contribution >= 4 is 33.7 Å². The first-order valence-electron chi connectivity index (χ1n) is 5.80. The Hall–Kier alpha value is -1.40. The van der Waals surface area contributed by atoms with Crippen molar-refractivity contribution in [2.45, 2.75) is 0 Å². The molecule has 3 heterocycles. The minimum atomic E-state index is 0.148. The molecule has 1 saturated heterocycles. The van der Waals surface area contributed by atoms with Crippen LogP contribution in [0.25, 0.3) is 0 Å². The summed E-state index contributed by atoms with van der Waals surface area (Å²) in [6, 6.07) is 1.89. The Morgan fingerprint density at radius 1 is 1.22 bits per heavy atom. The van der Waals surface area contributed by atoms with Crippen molar-refractivity contribution in [2.24, 2.45) is 0 Å². The molecule has 0 atom stereocenters. The Morgan fingerprint density at radius 3 is 2.67 bits per heavy atom. The Labute approximate surface area is 113 Å². The molecule has 94 valence electrons. The highest BCUT2D eigenvalue weighted by Gasteiger charge is 2.23. The van der Waals surface area contributed by atoms with Gasteiger partial charge < -0.3 is 9.80 Å². The van der Waals surface area contributed by atoms with Gasteiger partial charge in [-0.1, -0.05) is 0 Å². The number of carbonyl (C=O) groups excluding carboxylic acids is 1. The summed E-state index contributed by atoms with van der Waals surface area (Å²) in [5.41, 5.74) is 0.808. The van der Waals surface area contributed by atoms with Crippen molar-refractivity contribution in [3.05, 3.63) is 34.0 Å². The lowest BCUT2D eigenvalue weighted by molar-refractivity contribution is 0.0747. The minimum Gasteiger partial charge on any atom is -0.345 e. The van der Waals surface area contributed by atoms with Crippen LogP contribution in [-0.2, 0) is 0 Å². The molecule has 1 amide bonds. The maximum atomic E-state index is 12.2. The molecule has 0 spiro atoms. The van der Waals surface area contributed by atoms with Gasteiger partial charge in [0.25, 0.3) is 5.91 Å². The van der Waals surface area contributed by atoms with Crippen LogP contribution in [0.3, 0.4) is 0 Å². The highest BCUT2D eigenvalue weighted by atomic mass is 32.1. The van der Waals surface area contributed by atoms with E-state index in [1.165, 1.54) is 0 Å². The fourth-order valence-electron chi connectivity index (χ4n) is 2.04. The zero-order valence-corrected chi connectivity index (χ0v) is 11.4. The van der Waals surface area contributed by atoms with Crippen LogP contribution in [-0.4, -0.2) is 42.0 Å². The van der Waals surface area contributed by atoms with E-state index in [1.807, 2.05) is 33.3 Å². The van der Waals surface area contributed by atoms with Crippen LogP contribution in [0.15, 0.2) is 28.4 Å². The molecule has 3 rings (SSSR count). The van der Waals surface area contributed by atoms with E-state index in [1.54, 1.807) is 22.7 Å². The van der Waals surface area contributed by atoms with E-state index in [9.17, 15) is 4.79 Å². The molecule has 1 aliphatic rings. The Kier molecular flexibility index (Phi) is 3.29. The summed E-state index contributed by atoms with van der Waals surface area (Å²) in [7, 11) is 0. The zero-order valence-electron chi connectivity index (χ0n) is 9.78. The normalized spacial score (nSPS) is 16.0. The van der Waals surface area contributed by atoms with Crippen LogP contribution < -0.4 is 4.90 Å². The number of aromatic nitrogens is 1. The molecule has 0 aromatic carbocycles. The van der Waals surface area contributed by atoms with Gasteiger partial charge in [0.05, 0.1) is 5.56 Å². The average molecular weight is 279 g/mol. The second-order valence-electron chi connectivity index (χ2n) is 4.11. The van der Waals surface area contributed by atoms with Crippen LogP contribution in [0.2, 0.25) is 0 Å². The van der Waals surface area contributed by atoms with Crippen molar-refractivity contribution in [1.82, 2.24) is 9.88 Å². The molecule has 2 aromatic heterocycles. The summed E-state index contributed by atoms with van der Waals surface area (Å²) < 4.78 is 0. The molecule has 4 nitrogen and oxygen atoms in total. The summed E-state index contributed by atoms with van der Waals surface area (Å²) in [5, 5.41) is 6.89. The second-order valence-corrected chi connectivity index (χ2v) is 5.76. The van der Waals surface area contributed by atoms with Crippen LogP contribution in [0.4, 0.5) is 5.13 Å². The van der Waals surface area contributed by atoms with Crippen LogP contribution in [0, 0.1) is 0 Å². The number of amides is 1. The first-order valence-corrected chi connectivity index (χ1v) is 7.63. The quantitative estimate of drug-likeness (QED) is 0.845. The van der Waals surface area contributed by atoms with Crippen LogP contribution in [0.1, 0.15) is 10.4 Å². The highest BCUT2D eigenvalue weighted by Crippen LogP contribution is 2.19. The van der Waals surface area contributed by atoms with Gasteiger partial charge in [-0.2, -0.15) is 11.3 Å². The van der Waals surface area contributed by atoms with E-state index < -0.39 is 0 Å². The first-order chi connectivity index (χ1) is 8.84. The van der Waals surface area contributed by atoms with Crippen molar-refractivity contribution in [1.29, 1.82) is 0 Å². The Bertz CT molecular complexity index is 501. The predicted molar refractivity (Wildman–Crippen MR) is 74.5 cm³/mol. The number of rotatable bonds is 2. The minimum absolute atomic E-state index is 0.148. The van der Waals surface area contributed by atoms with E-state index in [0.29, 0.717) is 0 Å². The summed E-state index contributed by atoms with van der Waals surface area (Å²) in [6.07, 6.45) is 1.82. The Morgan fingerprint density at radius 2 is 2.06 bits per heavy atom. The monoisotopic (exact) mass is 279 g/mol. The van der Waals surface area contributed by atoms with Gasteiger partial charge in [0.1, 0.15) is 0 Å². The molecule has 0 unspecified atom stereocenters. The molecule has 2 aromatic rings. The van der Waals surface area contributed by atoms with Gasteiger partial charge in [0.15, 0.2) is 5.13 Å². The topological polar surface area (TPSA) is 36.4 Å². The Balaban J connectivity index is 1.62. The number of piperazine rings is 1. The molecule has 6 heteroatoms. The number of nitrogens with zero attached hydrogens (tertiary/aromatic N) is 3. The number of hydrogen-bond acceptors (Lipinski definition) is 5. The number of thiophene rings is 1. The van der Waals surface area contributed by atoms with Crippen molar-refractivity contribution in [2.75, 3.05) is 31.1 Å². The van der Waals surface area contributed by atoms with Crippen LogP contribution in [0.5, 0.6) is 0 Å². The molecule has 1 fully saturated rings. The molecule has 0 N–H and O–H groups in total. The maximum Gasteiger partial charge on any atom is 0.254 e. The lowest BCUT2D eigenvalue weighted by atomic mass is 10.2. The predicted octanol–water partition coefficient (Wildman–Crippen LogP) is 2.17. The first kappa shape index (κ1) is 11.7. The zero-order chi connectivity index (χ0) is 12.4. The fourth-order valence-corrected chi connectivity index (χ4v) is 3.37. The third-order valence-corrected chi connectivity index (χ3v) is 4.54. The van der Waals surface area contributed by atoms with Crippen LogP contribution >= 0.6 is 22.7 Å². The van der Waals surface area contributed by atoms with E-state index >= 15 is 0 Å². The van der Waals surface area contributed by atoms with E-state index in [-0.39, 0.29) is 5.91 Å². The van der Waals surface area contributed by atoms with Gasteiger partial charge in [-0.15, -0.1) is 11.3 Å². The van der Waals surface area contributed by atoms with Crippen molar-refractivity contribution in [3.63, 3.8) is 0 Å². The molecular weight excluding hydrogens is 266 g/mol.